The van der Waals surface area contributed by atoms with E-state index in [4.69, 9.17) is 16.3 Å². The van der Waals surface area contributed by atoms with Crippen LogP contribution in [0.1, 0.15) is 29.6 Å². The first-order valence-corrected chi connectivity index (χ1v) is 6.48. The summed E-state index contributed by atoms with van der Waals surface area (Å²) in [7, 11) is 1.54. The number of rotatable bonds is 3. The standard InChI is InChI=1S/C13H17ClN2O2/c1-18-12-6-5-10(14)9-11(12)13(17)15-16-7-3-2-4-8-16/h5-6,9H,2-4,7-8H2,1H3,(H,15,17). The van der Waals surface area contributed by atoms with Crippen molar-refractivity contribution in [2.24, 2.45) is 0 Å². The van der Waals surface area contributed by atoms with Crippen molar-refractivity contribution in [1.82, 2.24) is 10.4 Å². The minimum Gasteiger partial charge on any atom is -0.496 e. The number of hydrogen-bond acceptors (Lipinski definition) is 3. The minimum atomic E-state index is -0.170. The molecule has 1 aliphatic rings. The molecular formula is C13H17ClN2O2. The molecule has 1 N–H and O–H groups in total. The van der Waals surface area contributed by atoms with Crippen LogP contribution in [-0.2, 0) is 0 Å². The highest BCUT2D eigenvalue weighted by Gasteiger charge is 2.17. The van der Waals surface area contributed by atoms with Crippen molar-refractivity contribution in [2.75, 3.05) is 20.2 Å². The molecule has 1 aromatic carbocycles. The number of hydrazine groups is 1. The van der Waals surface area contributed by atoms with Gasteiger partial charge in [-0.15, -0.1) is 0 Å². The SMILES string of the molecule is COc1ccc(Cl)cc1C(=O)NN1CCCCC1. The van der Waals surface area contributed by atoms with E-state index in [1.165, 1.54) is 6.42 Å². The fraction of sp³-hybridized carbons (Fsp3) is 0.462. The van der Waals surface area contributed by atoms with Crippen LogP contribution in [-0.4, -0.2) is 31.1 Å². The van der Waals surface area contributed by atoms with Gasteiger partial charge >= 0.3 is 0 Å². The number of hydrogen-bond donors (Lipinski definition) is 1. The van der Waals surface area contributed by atoms with Crippen LogP contribution in [0.2, 0.25) is 5.02 Å². The first-order chi connectivity index (χ1) is 8.70. The third-order valence-electron chi connectivity index (χ3n) is 3.02. The predicted molar refractivity (Wildman–Crippen MR) is 70.9 cm³/mol. The lowest BCUT2D eigenvalue weighted by Crippen LogP contribution is -2.45. The molecule has 1 heterocycles. The molecule has 1 fully saturated rings. The van der Waals surface area contributed by atoms with Gasteiger partial charge in [-0.1, -0.05) is 18.0 Å². The lowest BCUT2D eigenvalue weighted by molar-refractivity contribution is 0.0747. The molecule has 5 heteroatoms. The van der Waals surface area contributed by atoms with Gasteiger partial charge in [0.1, 0.15) is 5.75 Å². The van der Waals surface area contributed by atoms with Gasteiger partial charge in [0, 0.05) is 18.1 Å². The van der Waals surface area contributed by atoms with Crippen molar-refractivity contribution in [1.29, 1.82) is 0 Å². The van der Waals surface area contributed by atoms with E-state index in [0.717, 1.165) is 25.9 Å². The van der Waals surface area contributed by atoms with Gasteiger partial charge in [0.05, 0.1) is 12.7 Å². The van der Waals surface area contributed by atoms with Gasteiger partial charge < -0.3 is 4.74 Å². The molecule has 1 saturated heterocycles. The van der Waals surface area contributed by atoms with Crippen LogP contribution >= 0.6 is 11.6 Å². The maximum Gasteiger partial charge on any atom is 0.269 e. The topological polar surface area (TPSA) is 41.6 Å². The number of nitrogens with one attached hydrogen (secondary N) is 1. The fourth-order valence-corrected chi connectivity index (χ4v) is 2.24. The predicted octanol–water partition coefficient (Wildman–Crippen LogP) is 2.48. The van der Waals surface area contributed by atoms with E-state index in [-0.39, 0.29) is 5.91 Å². The van der Waals surface area contributed by atoms with E-state index in [1.54, 1.807) is 25.3 Å². The quantitative estimate of drug-likeness (QED) is 0.916. The highest BCUT2D eigenvalue weighted by molar-refractivity contribution is 6.31. The maximum atomic E-state index is 12.2. The van der Waals surface area contributed by atoms with Crippen LogP contribution < -0.4 is 10.2 Å². The zero-order valence-electron chi connectivity index (χ0n) is 10.4. The van der Waals surface area contributed by atoms with E-state index < -0.39 is 0 Å². The molecule has 1 aromatic rings. The minimum absolute atomic E-state index is 0.170. The Hall–Kier alpha value is -1.26. The average molecular weight is 269 g/mol. The zero-order valence-corrected chi connectivity index (χ0v) is 11.2. The molecule has 4 nitrogen and oxygen atoms in total. The second kappa shape index (κ2) is 6.07. The molecule has 0 aliphatic carbocycles. The van der Waals surface area contributed by atoms with Crippen molar-refractivity contribution in [3.63, 3.8) is 0 Å². The molecule has 98 valence electrons. The number of halogens is 1. The number of piperidine rings is 1. The molecule has 18 heavy (non-hydrogen) atoms. The summed E-state index contributed by atoms with van der Waals surface area (Å²) in [4.78, 5) is 12.2. The normalized spacial score (nSPS) is 16.3. The van der Waals surface area contributed by atoms with E-state index in [9.17, 15) is 4.79 Å². The van der Waals surface area contributed by atoms with Gasteiger partial charge in [0.15, 0.2) is 0 Å². The number of nitrogens with zero attached hydrogens (tertiary/aromatic N) is 1. The van der Waals surface area contributed by atoms with Crippen LogP contribution in [0.5, 0.6) is 5.75 Å². The van der Waals surface area contributed by atoms with Gasteiger partial charge in [0.2, 0.25) is 0 Å². The molecule has 0 saturated carbocycles. The first-order valence-electron chi connectivity index (χ1n) is 6.10. The van der Waals surface area contributed by atoms with Crippen LogP contribution in [0, 0.1) is 0 Å². The van der Waals surface area contributed by atoms with Crippen molar-refractivity contribution in [2.45, 2.75) is 19.3 Å². The molecule has 0 atom stereocenters. The fourth-order valence-electron chi connectivity index (χ4n) is 2.07. The number of methoxy groups -OCH3 is 1. The monoisotopic (exact) mass is 268 g/mol. The Kier molecular flexibility index (Phi) is 4.44. The number of ether oxygens (including phenoxy) is 1. The number of benzene rings is 1. The summed E-state index contributed by atoms with van der Waals surface area (Å²) in [6.07, 6.45) is 3.47. The largest absolute Gasteiger partial charge is 0.496 e. The molecule has 0 radical (unpaired) electrons. The number of carbonyl (C=O) groups excluding carboxylic acids is 1. The second-order valence-electron chi connectivity index (χ2n) is 4.33. The summed E-state index contributed by atoms with van der Waals surface area (Å²) in [6, 6.07) is 5.03. The van der Waals surface area contributed by atoms with Gasteiger partial charge in [-0.3, -0.25) is 10.2 Å². The van der Waals surface area contributed by atoms with E-state index in [0.29, 0.717) is 16.3 Å². The van der Waals surface area contributed by atoms with E-state index in [1.807, 2.05) is 5.01 Å². The van der Waals surface area contributed by atoms with Gasteiger partial charge in [-0.25, -0.2) is 5.01 Å². The molecule has 1 amide bonds. The summed E-state index contributed by atoms with van der Waals surface area (Å²) in [5, 5.41) is 2.48. The number of amides is 1. The Morgan fingerprint density at radius 1 is 1.33 bits per heavy atom. The van der Waals surface area contributed by atoms with Gasteiger partial charge in [-0.2, -0.15) is 0 Å². The Morgan fingerprint density at radius 3 is 2.72 bits per heavy atom. The molecule has 0 bridgehead atoms. The van der Waals surface area contributed by atoms with Crippen LogP contribution in [0.25, 0.3) is 0 Å². The summed E-state index contributed by atoms with van der Waals surface area (Å²) >= 11 is 5.91. The van der Waals surface area contributed by atoms with Crippen molar-refractivity contribution in [3.8, 4) is 5.75 Å². The average Bonchev–Trinajstić information content (AvgIpc) is 2.40. The van der Waals surface area contributed by atoms with Crippen molar-refractivity contribution >= 4 is 17.5 Å². The number of carbonyl (C=O) groups is 1. The van der Waals surface area contributed by atoms with Crippen LogP contribution in [0.15, 0.2) is 18.2 Å². The smallest absolute Gasteiger partial charge is 0.269 e. The Balaban J connectivity index is 2.09. The lowest BCUT2D eigenvalue weighted by Gasteiger charge is -2.27. The third-order valence-corrected chi connectivity index (χ3v) is 3.26. The highest BCUT2D eigenvalue weighted by Crippen LogP contribution is 2.22. The van der Waals surface area contributed by atoms with Gasteiger partial charge in [0.25, 0.3) is 5.91 Å². The second-order valence-corrected chi connectivity index (χ2v) is 4.77. The Morgan fingerprint density at radius 2 is 2.06 bits per heavy atom. The summed E-state index contributed by atoms with van der Waals surface area (Å²) in [6.45, 7) is 1.79. The zero-order chi connectivity index (χ0) is 13.0. The van der Waals surface area contributed by atoms with E-state index in [2.05, 4.69) is 5.43 Å². The van der Waals surface area contributed by atoms with Crippen molar-refractivity contribution in [3.05, 3.63) is 28.8 Å². The van der Waals surface area contributed by atoms with E-state index >= 15 is 0 Å². The molecule has 1 aliphatic heterocycles. The van der Waals surface area contributed by atoms with Gasteiger partial charge in [-0.05, 0) is 31.0 Å². The molecule has 2 rings (SSSR count). The molecule has 0 unspecified atom stereocenters. The lowest BCUT2D eigenvalue weighted by atomic mass is 10.1. The van der Waals surface area contributed by atoms with Crippen LogP contribution in [0.4, 0.5) is 0 Å². The summed E-state index contributed by atoms with van der Waals surface area (Å²) in [5.41, 5.74) is 3.36. The summed E-state index contributed by atoms with van der Waals surface area (Å²) < 4.78 is 5.17. The molecule has 0 aromatic heterocycles. The molecular weight excluding hydrogens is 252 g/mol. The maximum absolute atomic E-state index is 12.2. The Bertz CT molecular complexity index is 431. The Labute approximate surface area is 112 Å². The molecule has 0 spiro atoms. The highest BCUT2D eigenvalue weighted by atomic mass is 35.5. The third kappa shape index (κ3) is 3.15. The van der Waals surface area contributed by atoms with Crippen LogP contribution in [0.3, 0.4) is 0 Å². The first kappa shape index (κ1) is 13.2. The summed E-state index contributed by atoms with van der Waals surface area (Å²) in [5.74, 6) is 0.366. The van der Waals surface area contributed by atoms with Crippen molar-refractivity contribution < 1.29 is 9.53 Å².